The fourth-order valence-corrected chi connectivity index (χ4v) is 2.97. The van der Waals surface area contributed by atoms with Gasteiger partial charge in [-0.3, -0.25) is 0 Å². The molecule has 0 atom stereocenters. The Kier molecular flexibility index (Phi) is 3.62. The molecule has 0 N–H and O–H groups in total. The first-order chi connectivity index (χ1) is 7.61. The van der Waals surface area contributed by atoms with Crippen LogP contribution in [0.4, 0.5) is 0 Å². The molecule has 0 aliphatic heterocycles. The zero-order valence-electron chi connectivity index (χ0n) is 8.92. The van der Waals surface area contributed by atoms with Gasteiger partial charge in [0.1, 0.15) is 5.15 Å². The van der Waals surface area contributed by atoms with Gasteiger partial charge in [0.2, 0.25) is 0 Å². The van der Waals surface area contributed by atoms with Crippen LogP contribution in [-0.4, -0.2) is 9.97 Å². The number of hydrogen-bond acceptors (Lipinski definition) is 3. The molecular weight excluding hydrogens is 308 g/mol. The van der Waals surface area contributed by atoms with Crippen molar-refractivity contribution in [2.75, 3.05) is 0 Å². The van der Waals surface area contributed by atoms with Gasteiger partial charge in [0.15, 0.2) is 5.82 Å². The van der Waals surface area contributed by atoms with E-state index >= 15 is 0 Å². The fourth-order valence-electron chi connectivity index (χ4n) is 1.42. The molecule has 2 rings (SSSR count). The highest BCUT2D eigenvalue weighted by atomic mass is 79.9. The number of thiophene rings is 1. The van der Waals surface area contributed by atoms with E-state index in [0.717, 1.165) is 27.0 Å². The minimum absolute atomic E-state index is 0.548. The molecule has 2 heterocycles. The molecule has 0 unspecified atom stereocenters. The van der Waals surface area contributed by atoms with Gasteiger partial charge in [-0.2, -0.15) is 0 Å². The van der Waals surface area contributed by atoms with Crippen LogP contribution in [-0.2, 0) is 6.42 Å². The Hall–Kier alpha value is -0.450. The summed E-state index contributed by atoms with van der Waals surface area (Å²) in [4.78, 5) is 9.87. The van der Waals surface area contributed by atoms with E-state index in [9.17, 15) is 0 Å². The molecule has 2 aromatic rings. The molecule has 0 amide bonds. The standard InChI is InChI=1S/C11H10BrClN2S/c1-3-8-6(2)10(13)15-11(14-8)9-4-7(12)5-16-9/h4-5H,3H2,1-2H3. The molecule has 5 heteroatoms. The van der Waals surface area contributed by atoms with Gasteiger partial charge >= 0.3 is 0 Å². The maximum Gasteiger partial charge on any atom is 0.171 e. The summed E-state index contributed by atoms with van der Waals surface area (Å²) in [6.45, 7) is 4.02. The van der Waals surface area contributed by atoms with Crippen LogP contribution in [0.2, 0.25) is 5.15 Å². The molecule has 0 saturated carbocycles. The topological polar surface area (TPSA) is 25.8 Å². The molecule has 84 valence electrons. The highest BCUT2D eigenvalue weighted by Crippen LogP contribution is 2.29. The van der Waals surface area contributed by atoms with Crippen LogP contribution >= 0.6 is 38.9 Å². The van der Waals surface area contributed by atoms with E-state index in [0.29, 0.717) is 11.0 Å². The van der Waals surface area contributed by atoms with Crippen LogP contribution in [0.25, 0.3) is 10.7 Å². The van der Waals surface area contributed by atoms with Crippen LogP contribution in [0, 0.1) is 6.92 Å². The molecule has 0 aromatic carbocycles. The third-order valence-corrected chi connectivity index (χ3v) is 4.36. The third kappa shape index (κ3) is 2.29. The van der Waals surface area contributed by atoms with Crippen molar-refractivity contribution in [3.05, 3.63) is 32.3 Å². The molecule has 0 radical (unpaired) electrons. The molecule has 0 bridgehead atoms. The first kappa shape index (κ1) is 12.0. The molecule has 16 heavy (non-hydrogen) atoms. The van der Waals surface area contributed by atoms with Gasteiger partial charge in [0.25, 0.3) is 0 Å². The summed E-state index contributed by atoms with van der Waals surface area (Å²) >= 11 is 11.1. The highest BCUT2D eigenvalue weighted by Gasteiger charge is 2.10. The summed E-state index contributed by atoms with van der Waals surface area (Å²) in [5, 5.41) is 2.56. The smallest absolute Gasteiger partial charge is 0.171 e. The first-order valence-electron chi connectivity index (χ1n) is 4.89. The maximum absolute atomic E-state index is 6.10. The maximum atomic E-state index is 6.10. The number of halogens is 2. The number of nitrogens with zero attached hydrogens (tertiary/aromatic N) is 2. The van der Waals surface area contributed by atoms with Crippen molar-refractivity contribution in [2.24, 2.45) is 0 Å². The Morgan fingerprint density at radius 2 is 2.19 bits per heavy atom. The van der Waals surface area contributed by atoms with Crippen LogP contribution in [0.3, 0.4) is 0 Å². The van der Waals surface area contributed by atoms with Crippen molar-refractivity contribution in [3.8, 4) is 10.7 Å². The molecule has 0 aliphatic rings. The highest BCUT2D eigenvalue weighted by molar-refractivity contribution is 9.10. The fraction of sp³-hybridized carbons (Fsp3) is 0.273. The quantitative estimate of drug-likeness (QED) is 0.763. The molecular formula is C11H10BrClN2S. The monoisotopic (exact) mass is 316 g/mol. The summed E-state index contributed by atoms with van der Waals surface area (Å²) < 4.78 is 1.05. The second kappa shape index (κ2) is 4.82. The molecule has 0 spiro atoms. The van der Waals surface area contributed by atoms with E-state index in [1.54, 1.807) is 11.3 Å². The largest absolute Gasteiger partial charge is 0.232 e. The second-order valence-electron chi connectivity index (χ2n) is 3.39. The van der Waals surface area contributed by atoms with E-state index in [1.807, 2.05) is 18.4 Å². The molecule has 0 saturated heterocycles. The minimum Gasteiger partial charge on any atom is -0.232 e. The van der Waals surface area contributed by atoms with E-state index in [2.05, 4.69) is 32.8 Å². The summed E-state index contributed by atoms with van der Waals surface area (Å²) in [6, 6.07) is 2.01. The lowest BCUT2D eigenvalue weighted by Gasteiger charge is -2.05. The average molecular weight is 318 g/mol. The van der Waals surface area contributed by atoms with Crippen molar-refractivity contribution < 1.29 is 0 Å². The van der Waals surface area contributed by atoms with E-state index in [4.69, 9.17) is 11.6 Å². The average Bonchev–Trinajstić information content (AvgIpc) is 2.69. The molecule has 0 aliphatic carbocycles. The Balaban J connectivity index is 2.54. The van der Waals surface area contributed by atoms with Crippen molar-refractivity contribution in [1.29, 1.82) is 0 Å². The lowest BCUT2D eigenvalue weighted by Crippen LogP contribution is -1.98. The SMILES string of the molecule is CCc1nc(-c2cc(Br)cs2)nc(Cl)c1C. The van der Waals surface area contributed by atoms with E-state index in [1.165, 1.54) is 0 Å². The van der Waals surface area contributed by atoms with Gasteiger partial charge in [-0.15, -0.1) is 11.3 Å². The summed E-state index contributed by atoms with van der Waals surface area (Å²) in [6.07, 6.45) is 0.869. The van der Waals surface area contributed by atoms with Crippen LogP contribution < -0.4 is 0 Å². The lowest BCUT2D eigenvalue weighted by molar-refractivity contribution is 0.979. The Bertz CT molecular complexity index is 525. The summed E-state index contributed by atoms with van der Waals surface area (Å²) in [5.74, 6) is 0.711. The molecule has 2 nitrogen and oxygen atoms in total. The second-order valence-corrected chi connectivity index (χ2v) is 5.58. The minimum atomic E-state index is 0.548. The predicted octanol–water partition coefficient (Wildman–Crippen LogP) is 4.49. The normalized spacial score (nSPS) is 10.8. The van der Waals surface area contributed by atoms with Crippen molar-refractivity contribution in [1.82, 2.24) is 9.97 Å². The van der Waals surface area contributed by atoms with Gasteiger partial charge < -0.3 is 0 Å². The van der Waals surface area contributed by atoms with Gasteiger partial charge in [-0.1, -0.05) is 18.5 Å². The summed E-state index contributed by atoms with van der Waals surface area (Å²) in [5.41, 5.74) is 1.99. The zero-order valence-corrected chi connectivity index (χ0v) is 12.1. The lowest BCUT2D eigenvalue weighted by atomic mass is 10.2. The number of aryl methyl sites for hydroxylation is 1. The van der Waals surface area contributed by atoms with Gasteiger partial charge in [0, 0.05) is 21.1 Å². The van der Waals surface area contributed by atoms with Gasteiger partial charge in [-0.05, 0) is 35.3 Å². The number of rotatable bonds is 2. The number of hydrogen-bond donors (Lipinski definition) is 0. The summed E-state index contributed by atoms with van der Waals surface area (Å²) in [7, 11) is 0. The Morgan fingerprint density at radius 1 is 1.44 bits per heavy atom. The number of aromatic nitrogens is 2. The van der Waals surface area contributed by atoms with Crippen molar-refractivity contribution in [3.63, 3.8) is 0 Å². The Morgan fingerprint density at radius 3 is 2.75 bits per heavy atom. The van der Waals surface area contributed by atoms with Gasteiger partial charge in [-0.25, -0.2) is 9.97 Å². The van der Waals surface area contributed by atoms with Crippen LogP contribution in [0.5, 0.6) is 0 Å². The zero-order chi connectivity index (χ0) is 11.7. The third-order valence-electron chi connectivity index (χ3n) is 2.31. The van der Waals surface area contributed by atoms with Crippen LogP contribution in [0.15, 0.2) is 15.9 Å². The Labute approximate surface area is 112 Å². The van der Waals surface area contributed by atoms with E-state index < -0.39 is 0 Å². The van der Waals surface area contributed by atoms with E-state index in [-0.39, 0.29) is 0 Å². The molecule has 2 aromatic heterocycles. The van der Waals surface area contributed by atoms with Gasteiger partial charge in [0.05, 0.1) is 4.88 Å². The van der Waals surface area contributed by atoms with Crippen molar-refractivity contribution in [2.45, 2.75) is 20.3 Å². The predicted molar refractivity (Wildman–Crippen MR) is 72.2 cm³/mol. The first-order valence-corrected chi connectivity index (χ1v) is 6.94. The molecule has 0 fully saturated rings. The van der Waals surface area contributed by atoms with Crippen LogP contribution in [0.1, 0.15) is 18.2 Å². The van der Waals surface area contributed by atoms with Crippen molar-refractivity contribution >= 4 is 38.9 Å².